The Morgan fingerprint density at radius 1 is 0.622 bits per heavy atom. The van der Waals surface area contributed by atoms with E-state index in [0.717, 1.165) is 58.0 Å². The summed E-state index contributed by atoms with van der Waals surface area (Å²) in [6, 6.07) is 22.8. The highest BCUT2D eigenvalue weighted by molar-refractivity contribution is 6.74. The molecule has 5 heteroatoms. The van der Waals surface area contributed by atoms with E-state index in [-0.39, 0.29) is 0 Å². The van der Waals surface area contributed by atoms with Gasteiger partial charge in [0.1, 0.15) is 11.2 Å². The van der Waals surface area contributed by atoms with Gasteiger partial charge in [-0.2, -0.15) is 0 Å². The molecular weight excluding hydrogens is 508 g/mol. The molecule has 37 heavy (non-hydrogen) atoms. The first kappa shape index (κ1) is 29.7. The minimum Gasteiger partial charge on any atom is -0.401 e. The molecule has 0 fully saturated rings. The van der Waals surface area contributed by atoms with Gasteiger partial charge in [-0.05, 0) is 96.0 Å². The van der Waals surface area contributed by atoms with Crippen molar-refractivity contribution in [3.8, 4) is 12.3 Å². The lowest BCUT2D eigenvalue weighted by Crippen LogP contribution is -2.48. The predicted octanol–water partition coefficient (Wildman–Crippen LogP) is 9.58. The largest absolute Gasteiger partial charge is 0.401 e. The van der Waals surface area contributed by atoms with Crippen LogP contribution < -0.4 is 0 Å². The van der Waals surface area contributed by atoms with Crippen LogP contribution in [0.1, 0.15) is 58.2 Å². The Balaban J connectivity index is 2.19. The molecule has 0 saturated heterocycles. The molecule has 0 bridgehead atoms. The highest BCUT2D eigenvalue weighted by atomic mass is 35.5. The maximum Gasteiger partial charge on any atom is 0.194 e. The molecule has 0 heterocycles. The predicted molar refractivity (Wildman–Crippen MR) is 164 cm³/mol. The average molecular weight is 551 g/mol. The van der Waals surface area contributed by atoms with Gasteiger partial charge >= 0.3 is 0 Å². The lowest BCUT2D eigenvalue weighted by atomic mass is 9.81. The lowest BCUT2D eigenvalue weighted by Gasteiger charge is -2.45. The van der Waals surface area contributed by atoms with Crippen LogP contribution in [-0.4, -0.2) is 16.6 Å². The molecule has 2 aromatic rings. The number of halogens is 1. The highest BCUT2D eigenvalue weighted by Crippen LogP contribution is 2.45. The van der Waals surface area contributed by atoms with Gasteiger partial charge in [0, 0.05) is 10.6 Å². The van der Waals surface area contributed by atoms with Gasteiger partial charge in [-0.25, -0.2) is 0 Å². The van der Waals surface area contributed by atoms with Gasteiger partial charge in [0.2, 0.25) is 0 Å². The molecule has 0 atom stereocenters. The van der Waals surface area contributed by atoms with E-state index in [2.05, 4.69) is 96.0 Å². The highest BCUT2D eigenvalue weighted by Gasteiger charge is 2.45. The molecule has 0 aliphatic heterocycles. The number of benzene rings is 2. The zero-order valence-corrected chi connectivity index (χ0v) is 26.2. The first-order chi connectivity index (χ1) is 17.7. The van der Waals surface area contributed by atoms with Gasteiger partial charge in [0.15, 0.2) is 16.6 Å². The molecule has 2 nitrogen and oxygen atoms in total. The van der Waals surface area contributed by atoms with Gasteiger partial charge in [-0.3, -0.25) is 0 Å². The van der Waals surface area contributed by atoms with Crippen LogP contribution in [0.15, 0.2) is 72.8 Å². The van der Waals surface area contributed by atoms with Crippen LogP contribution in [0.25, 0.3) is 0 Å². The van der Waals surface area contributed by atoms with Gasteiger partial charge in [0.05, 0.1) is 0 Å². The molecule has 2 aromatic carbocycles. The third-order valence-corrected chi connectivity index (χ3v) is 18.1. The minimum absolute atomic E-state index is 0.653. The summed E-state index contributed by atoms with van der Waals surface area (Å²) in [5.41, 5.74) is 1.75. The van der Waals surface area contributed by atoms with Gasteiger partial charge in [-0.15, -0.1) is 6.42 Å². The Labute approximate surface area is 232 Å². The summed E-state index contributed by atoms with van der Waals surface area (Å²) < 4.78 is 14.5. The molecule has 1 aliphatic carbocycles. The average Bonchev–Trinajstić information content (AvgIpc) is 2.96. The van der Waals surface area contributed by atoms with E-state index < -0.39 is 27.8 Å². The maximum atomic E-state index is 7.28. The topological polar surface area (TPSA) is 18.5 Å². The smallest absolute Gasteiger partial charge is 0.194 e. The van der Waals surface area contributed by atoms with Crippen LogP contribution in [0.3, 0.4) is 0 Å². The fourth-order valence-electron chi connectivity index (χ4n) is 5.43. The Morgan fingerprint density at radius 2 is 0.946 bits per heavy atom. The van der Waals surface area contributed by atoms with Crippen molar-refractivity contribution in [3.05, 3.63) is 94.5 Å². The number of terminal acetylenes is 1. The second-order valence-electron chi connectivity index (χ2n) is 10.2. The summed E-state index contributed by atoms with van der Waals surface area (Å²) in [4.78, 5) is 0. The molecule has 0 aromatic heterocycles. The molecule has 0 radical (unpaired) electrons. The van der Waals surface area contributed by atoms with E-state index in [1.807, 2.05) is 24.3 Å². The quantitative estimate of drug-likeness (QED) is 0.149. The van der Waals surface area contributed by atoms with Crippen molar-refractivity contribution in [2.75, 3.05) is 0 Å². The summed E-state index contributed by atoms with van der Waals surface area (Å²) in [5, 5.41) is 0.726. The van der Waals surface area contributed by atoms with Gasteiger partial charge < -0.3 is 8.85 Å². The van der Waals surface area contributed by atoms with E-state index in [4.69, 9.17) is 26.9 Å². The summed E-state index contributed by atoms with van der Waals surface area (Å²) in [7, 11) is -3.94. The minimum atomic E-state index is -1.97. The fourth-order valence-corrected chi connectivity index (χ4v) is 11.4. The van der Waals surface area contributed by atoms with Gasteiger partial charge in [0.25, 0.3) is 0 Å². The van der Waals surface area contributed by atoms with Crippen molar-refractivity contribution >= 4 is 28.2 Å². The van der Waals surface area contributed by atoms with Gasteiger partial charge in [-0.1, -0.05) is 83.3 Å². The van der Waals surface area contributed by atoms with E-state index in [0.29, 0.717) is 0 Å². The second-order valence-corrected chi connectivity index (χ2v) is 20.0. The maximum absolute atomic E-state index is 7.28. The van der Waals surface area contributed by atoms with Crippen LogP contribution in [0.4, 0.5) is 0 Å². The zero-order chi connectivity index (χ0) is 27.2. The molecule has 1 aliphatic rings. The SMILES string of the molecule is C#Cc1ccc(C2(O[Si](CC)(CC)CC)C=CC(O[Si](CC)(CC)CC)(c3ccc(Cl)cc3)C=C2)cc1. The van der Waals surface area contributed by atoms with Crippen LogP contribution in [-0.2, 0) is 20.1 Å². The summed E-state index contributed by atoms with van der Waals surface area (Å²) in [6.45, 7) is 13.6. The van der Waals surface area contributed by atoms with Crippen LogP contribution >= 0.6 is 11.6 Å². The first-order valence-electron chi connectivity index (χ1n) is 13.9. The number of hydrogen-bond donors (Lipinski definition) is 0. The van der Waals surface area contributed by atoms with Crippen molar-refractivity contribution in [2.45, 2.75) is 89.0 Å². The molecule has 198 valence electrons. The summed E-state index contributed by atoms with van der Waals surface area (Å²) in [5.74, 6) is 2.74. The van der Waals surface area contributed by atoms with E-state index in [9.17, 15) is 0 Å². The molecular formula is C32H43ClO2Si2. The molecule has 3 rings (SSSR count). The van der Waals surface area contributed by atoms with Crippen molar-refractivity contribution < 1.29 is 8.85 Å². The van der Waals surface area contributed by atoms with Crippen LogP contribution in [0, 0.1) is 12.3 Å². The Morgan fingerprint density at radius 3 is 1.24 bits per heavy atom. The third kappa shape index (κ3) is 6.08. The number of hydrogen-bond acceptors (Lipinski definition) is 2. The molecule has 0 unspecified atom stereocenters. The zero-order valence-electron chi connectivity index (χ0n) is 23.4. The molecule has 0 saturated carbocycles. The first-order valence-corrected chi connectivity index (χ1v) is 19.3. The van der Waals surface area contributed by atoms with Crippen molar-refractivity contribution in [2.24, 2.45) is 0 Å². The fraction of sp³-hybridized carbons (Fsp3) is 0.438. The lowest BCUT2D eigenvalue weighted by molar-refractivity contribution is 0.121. The van der Waals surface area contributed by atoms with E-state index in [1.54, 1.807) is 0 Å². The monoisotopic (exact) mass is 550 g/mol. The number of rotatable bonds is 12. The van der Waals surface area contributed by atoms with Crippen molar-refractivity contribution in [1.29, 1.82) is 0 Å². The summed E-state index contributed by atoms with van der Waals surface area (Å²) in [6.07, 6.45) is 14.6. The van der Waals surface area contributed by atoms with E-state index >= 15 is 0 Å². The molecule has 0 spiro atoms. The molecule has 0 amide bonds. The van der Waals surface area contributed by atoms with E-state index in [1.165, 1.54) is 0 Å². The van der Waals surface area contributed by atoms with Crippen LogP contribution in [0.2, 0.25) is 41.3 Å². The van der Waals surface area contributed by atoms with Crippen molar-refractivity contribution in [1.82, 2.24) is 0 Å². The second kappa shape index (κ2) is 12.3. The third-order valence-electron chi connectivity index (χ3n) is 8.59. The standard InChI is InChI=1S/C32H43ClO2Si2/c1-8-27-15-17-28(18-16-27)31(34-36(9-2,10-3)11-4)23-25-32(26-24-31,29-19-21-30(33)22-20-29)35-37(12-5,13-6)14-7/h1,15-26H,9-14H2,2-7H3. The Bertz CT molecular complexity index is 1090. The normalized spacial score (nSPS) is 21.7. The van der Waals surface area contributed by atoms with Crippen molar-refractivity contribution in [3.63, 3.8) is 0 Å². The molecule has 0 N–H and O–H groups in total. The van der Waals surface area contributed by atoms with Crippen LogP contribution in [0.5, 0.6) is 0 Å². The summed E-state index contributed by atoms with van der Waals surface area (Å²) >= 11 is 6.28. The Hall–Kier alpha value is -1.88. The Kier molecular flexibility index (Phi) is 9.88.